The van der Waals surface area contributed by atoms with E-state index < -0.39 is 0 Å². The van der Waals surface area contributed by atoms with Crippen LogP contribution in [0.15, 0.2) is 47.8 Å². The zero-order chi connectivity index (χ0) is 19.1. The maximum Gasteiger partial charge on any atom is 0.263 e. The summed E-state index contributed by atoms with van der Waals surface area (Å²) >= 11 is 1.50. The third-order valence-corrected chi connectivity index (χ3v) is 7.60. The molecule has 3 saturated heterocycles. The quantitative estimate of drug-likeness (QED) is 0.869. The van der Waals surface area contributed by atoms with E-state index in [2.05, 4.69) is 34.5 Å². The van der Waals surface area contributed by atoms with Gasteiger partial charge in [0.25, 0.3) is 5.91 Å². The molecule has 1 aromatic carbocycles. The lowest BCUT2D eigenvalue weighted by atomic mass is 9.75. The van der Waals surface area contributed by atoms with Crippen LogP contribution in [0.1, 0.15) is 28.1 Å². The highest BCUT2D eigenvalue weighted by molar-refractivity contribution is 7.12. The van der Waals surface area contributed by atoms with Crippen LogP contribution >= 0.6 is 11.3 Å². The summed E-state index contributed by atoms with van der Waals surface area (Å²) in [5.74, 6) is 0.771. The molecule has 3 aliphatic rings. The van der Waals surface area contributed by atoms with Gasteiger partial charge in [-0.05, 0) is 29.9 Å². The first kappa shape index (κ1) is 17.9. The number of carbonyl (C=O) groups excluding carboxylic acids is 2. The summed E-state index contributed by atoms with van der Waals surface area (Å²) in [5, 5.41) is 5.29. The number of nitrogens with zero attached hydrogens (tertiary/aromatic N) is 2. The third kappa shape index (κ3) is 3.05. The normalized spacial score (nSPS) is 26.4. The summed E-state index contributed by atoms with van der Waals surface area (Å²) in [6.45, 7) is 4.14. The Labute approximate surface area is 169 Å². The fourth-order valence-electron chi connectivity index (χ4n) is 5.27. The molecule has 0 unspecified atom stereocenters. The highest BCUT2D eigenvalue weighted by Crippen LogP contribution is 2.44. The highest BCUT2D eigenvalue weighted by atomic mass is 32.1. The number of piperidine rings is 1. The first-order valence-electron chi connectivity index (χ1n) is 10.1. The Bertz CT molecular complexity index is 859. The van der Waals surface area contributed by atoms with Crippen molar-refractivity contribution in [3.8, 4) is 0 Å². The molecule has 28 heavy (non-hydrogen) atoms. The van der Waals surface area contributed by atoms with Crippen LogP contribution in [-0.4, -0.2) is 53.3 Å². The van der Waals surface area contributed by atoms with E-state index >= 15 is 0 Å². The van der Waals surface area contributed by atoms with Crippen LogP contribution in [-0.2, 0) is 11.3 Å². The van der Waals surface area contributed by atoms with Crippen molar-refractivity contribution in [2.45, 2.75) is 24.9 Å². The second kappa shape index (κ2) is 7.01. The van der Waals surface area contributed by atoms with E-state index in [4.69, 9.17) is 0 Å². The first-order chi connectivity index (χ1) is 13.6. The van der Waals surface area contributed by atoms with Gasteiger partial charge in [0.15, 0.2) is 0 Å². The van der Waals surface area contributed by atoms with Crippen LogP contribution in [0, 0.1) is 11.8 Å². The standard InChI is InChI=1S/C22H25N3O2S/c26-20-17-14-24(13-16-5-2-1-3-6-16)15-18(17)22(23-20)8-10-25(11-9-22)21(27)19-7-4-12-28-19/h1-7,12,17-18H,8-11,13-15H2,(H,23,26)/t17-,18+/m1/s1. The molecule has 1 N–H and O–H groups in total. The minimum absolute atomic E-state index is 0.0864. The second-order valence-electron chi connectivity index (χ2n) is 8.31. The molecule has 5 rings (SSSR count). The van der Waals surface area contributed by atoms with Crippen molar-refractivity contribution in [3.05, 3.63) is 58.3 Å². The summed E-state index contributed by atoms with van der Waals surface area (Å²) in [7, 11) is 0. The van der Waals surface area contributed by atoms with E-state index in [1.807, 2.05) is 28.5 Å². The van der Waals surface area contributed by atoms with E-state index in [0.29, 0.717) is 5.92 Å². The van der Waals surface area contributed by atoms with E-state index in [1.54, 1.807) is 0 Å². The molecular weight excluding hydrogens is 370 g/mol. The van der Waals surface area contributed by atoms with Gasteiger partial charge in [-0.1, -0.05) is 36.4 Å². The molecule has 6 heteroatoms. The number of nitrogens with one attached hydrogen (secondary N) is 1. The maximum atomic E-state index is 12.7. The Morgan fingerprint density at radius 1 is 1.11 bits per heavy atom. The largest absolute Gasteiger partial charge is 0.350 e. The predicted molar refractivity (Wildman–Crippen MR) is 109 cm³/mol. The Kier molecular flexibility index (Phi) is 4.48. The van der Waals surface area contributed by atoms with Gasteiger partial charge in [0.05, 0.1) is 10.8 Å². The third-order valence-electron chi connectivity index (χ3n) is 6.74. The molecular formula is C22H25N3O2S. The van der Waals surface area contributed by atoms with Crippen molar-refractivity contribution in [2.24, 2.45) is 11.8 Å². The van der Waals surface area contributed by atoms with Gasteiger partial charge in [-0.2, -0.15) is 0 Å². The van der Waals surface area contributed by atoms with Gasteiger partial charge in [0, 0.05) is 44.2 Å². The van der Waals surface area contributed by atoms with Gasteiger partial charge >= 0.3 is 0 Å². The number of hydrogen-bond donors (Lipinski definition) is 1. The molecule has 3 aliphatic heterocycles. The molecule has 1 spiro atoms. The minimum Gasteiger partial charge on any atom is -0.350 e. The molecule has 2 amide bonds. The van der Waals surface area contributed by atoms with E-state index in [9.17, 15) is 9.59 Å². The Morgan fingerprint density at radius 3 is 2.61 bits per heavy atom. The van der Waals surface area contributed by atoms with Crippen LogP contribution in [0.2, 0.25) is 0 Å². The highest BCUT2D eigenvalue weighted by Gasteiger charge is 2.57. The van der Waals surface area contributed by atoms with Crippen molar-refractivity contribution in [1.29, 1.82) is 0 Å². The number of likely N-dealkylation sites (tertiary alicyclic amines) is 2. The number of thiophene rings is 1. The smallest absolute Gasteiger partial charge is 0.263 e. The lowest BCUT2D eigenvalue weighted by Gasteiger charge is -2.42. The monoisotopic (exact) mass is 395 g/mol. The topological polar surface area (TPSA) is 52.7 Å². The zero-order valence-electron chi connectivity index (χ0n) is 15.8. The molecule has 2 aromatic rings. The van der Waals surface area contributed by atoms with Gasteiger partial charge in [-0.3, -0.25) is 14.5 Å². The van der Waals surface area contributed by atoms with Gasteiger partial charge in [0.2, 0.25) is 5.91 Å². The average Bonchev–Trinajstić information content (AvgIpc) is 3.43. The molecule has 5 nitrogen and oxygen atoms in total. The Balaban J connectivity index is 1.26. The van der Waals surface area contributed by atoms with Gasteiger partial charge in [-0.15, -0.1) is 11.3 Å². The molecule has 2 atom stereocenters. The number of benzene rings is 1. The van der Waals surface area contributed by atoms with Crippen LogP contribution < -0.4 is 5.32 Å². The molecule has 1 aromatic heterocycles. The summed E-state index contributed by atoms with van der Waals surface area (Å²) < 4.78 is 0. The SMILES string of the molecule is O=C1NC2(CCN(C(=O)c3cccs3)CC2)[C@H]2CN(Cc3ccccc3)C[C@@H]12. The number of hydrogen-bond acceptors (Lipinski definition) is 4. The molecule has 0 radical (unpaired) electrons. The molecule has 0 aliphatic carbocycles. The molecule has 3 fully saturated rings. The number of rotatable bonds is 3. The summed E-state index contributed by atoms with van der Waals surface area (Å²) in [6, 6.07) is 14.3. The Morgan fingerprint density at radius 2 is 1.89 bits per heavy atom. The summed E-state index contributed by atoms with van der Waals surface area (Å²) in [5.41, 5.74) is 1.16. The molecule has 146 valence electrons. The van der Waals surface area contributed by atoms with Crippen molar-refractivity contribution >= 4 is 23.2 Å². The van der Waals surface area contributed by atoms with E-state index in [-0.39, 0.29) is 23.3 Å². The minimum atomic E-state index is -0.139. The van der Waals surface area contributed by atoms with Crippen molar-refractivity contribution < 1.29 is 9.59 Å². The van der Waals surface area contributed by atoms with Gasteiger partial charge < -0.3 is 10.2 Å². The van der Waals surface area contributed by atoms with Crippen molar-refractivity contribution in [1.82, 2.24) is 15.1 Å². The number of amides is 2. The van der Waals surface area contributed by atoms with Gasteiger partial charge in [-0.25, -0.2) is 0 Å². The van der Waals surface area contributed by atoms with Crippen LogP contribution in [0.25, 0.3) is 0 Å². The maximum absolute atomic E-state index is 12.7. The number of fused-ring (bicyclic) bond motifs is 2. The fourth-order valence-corrected chi connectivity index (χ4v) is 5.96. The van der Waals surface area contributed by atoms with Crippen molar-refractivity contribution in [2.75, 3.05) is 26.2 Å². The van der Waals surface area contributed by atoms with Gasteiger partial charge in [0.1, 0.15) is 0 Å². The van der Waals surface area contributed by atoms with Crippen LogP contribution in [0.3, 0.4) is 0 Å². The lowest BCUT2D eigenvalue weighted by Crippen LogP contribution is -2.56. The van der Waals surface area contributed by atoms with Crippen LogP contribution in [0.4, 0.5) is 0 Å². The first-order valence-corrected chi connectivity index (χ1v) is 10.9. The zero-order valence-corrected chi connectivity index (χ0v) is 16.7. The lowest BCUT2D eigenvalue weighted by molar-refractivity contribution is -0.123. The predicted octanol–water partition coefficient (Wildman–Crippen LogP) is 2.60. The summed E-state index contributed by atoms with van der Waals surface area (Å²) in [4.78, 5) is 30.5. The Hall–Kier alpha value is -2.18. The van der Waals surface area contributed by atoms with Crippen molar-refractivity contribution in [3.63, 3.8) is 0 Å². The van der Waals surface area contributed by atoms with E-state index in [1.165, 1.54) is 16.9 Å². The molecule has 0 saturated carbocycles. The van der Waals surface area contributed by atoms with E-state index in [0.717, 1.165) is 50.4 Å². The fraction of sp³-hybridized carbons (Fsp3) is 0.455. The number of carbonyl (C=O) groups is 2. The second-order valence-corrected chi connectivity index (χ2v) is 9.26. The molecule has 0 bridgehead atoms. The molecule has 4 heterocycles. The summed E-state index contributed by atoms with van der Waals surface area (Å²) in [6.07, 6.45) is 1.71. The van der Waals surface area contributed by atoms with Crippen LogP contribution in [0.5, 0.6) is 0 Å². The average molecular weight is 396 g/mol.